The maximum atomic E-state index is 12.3. The van der Waals surface area contributed by atoms with Crippen molar-refractivity contribution in [2.75, 3.05) is 6.61 Å². The average molecular weight is 230 g/mol. The lowest BCUT2D eigenvalue weighted by Gasteiger charge is -2.18. The van der Waals surface area contributed by atoms with Crippen molar-refractivity contribution in [2.24, 2.45) is 10.8 Å². The molecule has 0 saturated heterocycles. The molecular formula is C15H18O2. The Hall–Kier alpha value is -1.31. The smallest absolute Gasteiger partial charge is 0.313 e. The van der Waals surface area contributed by atoms with E-state index in [1.165, 1.54) is 11.1 Å². The van der Waals surface area contributed by atoms with Gasteiger partial charge in [-0.2, -0.15) is 0 Å². The fraction of sp³-hybridized carbons (Fsp3) is 0.533. The van der Waals surface area contributed by atoms with E-state index in [4.69, 9.17) is 4.74 Å². The second kappa shape index (κ2) is 3.12. The van der Waals surface area contributed by atoms with Crippen molar-refractivity contribution in [3.8, 4) is 0 Å². The van der Waals surface area contributed by atoms with Crippen LogP contribution in [0.3, 0.4) is 0 Å². The number of carbonyl (C=O) groups is 1. The summed E-state index contributed by atoms with van der Waals surface area (Å²) >= 11 is 0. The van der Waals surface area contributed by atoms with E-state index in [0.717, 1.165) is 6.42 Å². The van der Waals surface area contributed by atoms with Crippen LogP contribution in [0.4, 0.5) is 0 Å². The summed E-state index contributed by atoms with van der Waals surface area (Å²) in [6.07, 6.45) is 0.847. The van der Waals surface area contributed by atoms with Crippen LogP contribution >= 0.6 is 0 Å². The molecule has 1 aromatic rings. The molecular weight excluding hydrogens is 212 g/mol. The molecule has 2 unspecified atom stereocenters. The van der Waals surface area contributed by atoms with E-state index < -0.39 is 0 Å². The van der Waals surface area contributed by atoms with Gasteiger partial charge in [-0.15, -0.1) is 0 Å². The first kappa shape index (κ1) is 10.8. The van der Waals surface area contributed by atoms with E-state index in [-0.39, 0.29) is 16.8 Å². The predicted molar refractivity (Wildman–Crippen MR) is 65.7 cm³/mol. The molecule has 0 heterocycles. The molecule has 90 valence electrons. The van der Waals surface area contributed by atoms with Crippen molar-refractivity contribution in [3.05, 3.63) is 35.4 Å². The highest BCUT2D eigenvalue weighted by molar-refractivity contribution is 5.87. The molecule has 1 saturated carbocycles. The molecule has 3 rings (SSSR count). The van der Waals surface area contributed by atoms with Gasteiger partial charge in [0.2, 0.25) is 0 Å². The number of ether oxygens (including phenoxy) is 1. The van der Waals surface area contributed by atoms with Gasteiger partial charge >= 0.3 is 5.97 Å². The van der Waals surface area contributed by atoms with Gasteiger partial charge in [0.1, 0.15) is 0 Å². The lowest BCUT2D eigenvalue weighted by molar-refractivity contribution is -0.151. The van der Waals surface area contributed by atoms with Crippen molar-refractivity contribution in [1.29, 1.82) is 0 Å². The number of fused-ring (bicyclic) bond motifs is 3. The topological polar surface area (TPSA) is 26.3 Å². The molecule has 1 aromatic carbocycles. The third kappa shape index (κ3) is 1.09. The summed E-state index contributed by atoms with van der Waals surface area (Å²) < 4.78 is 5.30. The third-order valence-corrected chi connectivity index (χ3v) is 4.76. The molecule has 1 fully saturated rings. The van der Waals surface area contributed by atoms with Crippen LogP contribution in [0, 0.1) is 10.8 Å². The Morgan fingerprint density at radius 2 is 2.12 bits per heavy atom. The van der Waals surface area contributed by atoms with Crippen molar-refractivity contribution in [1.82, 2.24) is 0 Å². The number of hydrogen-bond donors (Lipinski definition) is 0. The Labute approximate surface area is 102 Å². The Bertz CT molecular complexity index is 489. The van der Waals surface area contributed by atoms with E-state index >= 15 is 0 Å². The SMILES string of the molecule is CCOC(=O)C12Cc3ccccc3C1C2(C)C. The first-order valence-corrected chi connectivity index (χ1v) is 6.30. The van der Waals surface area contributed by atoms with Gasteiger partial charge < -0.3 is 4.74 Å². The summed E-state index contributed by atoms with van der Waals surface area (Å²) in [6, 6.07) is 8.41. The van der Waals surface area contributed by atoms with Crippen LogP contribution < -0.4 is 0 Å². The minimum atomic E-state index is -0.285. The molecule has 0 amide bonds. The average Bonchev–Trinajstić information content (AvgIpc) is 2.66. The molecule has 2 atom stereocenters. The van der Waals surface area contributed by atoms with Crippen molar-refractivity contribution < 1.29 is 9.53 Å². The number of carbonyl (C=O) groups excluding carboxylic acids is 1. The second-order valence-corrected chi connectivity index (χ2v) is 5.72. The van der Waals surface area contributed by atoms with Gasteiger partial charge in [-0.25, -0.2) is 0 Å². The van der Waals surface area contributed by atoms with Crippen LogP contribution in [0.15, 0.2) is 24.3 Å². The Morgan fingerprint density at radius 3 is 2.82 bits per heavy atom. The third-order valence-electron chi connectivity index (χ3n) is 4.76. The van der Waals surface area contributed by atoms with Gasteiger partial charge in [0.15, 0.2) is 0 Å². The molecule has 0 radical (unpaired) electrons. The van der Waals surface area contributed by atoms with Crippen molar-refractivity contribution in [2.45, 2.75) is 33.1 Å². The fourth-order valence-corrected chi connectivity index (χ4v) is 3.83. The monoisotopic (exact) mass is 230 g/mol. The largest absolute Gasteiger partial charge is 0.466 e. The molecule has 0 bridgehead atoms. The van der Waals surface area contributed by atoms with E-state index in [2.05, 4.69) is 38.1 Å². The zero-order valence-corrected chi connectivity index (χ0v) is 10.6. The number of benzene rings is 1. The molecule has 2 nitrogen and oxygen atoms in total. The van der Waals surface area contributed by atoms with Crippen LogP contribution in [0.25, 0.3) is 0 Å². The maximum Gasteiger partial charge on any atom is 0.313 e. The Balaban J connectivity index is 2.03. The molecule has 0 N–H and O–H groups in total. The van der Waals surface area contributed by atoms with Gasteiger partial charge in [0.05, 0.1) is 12.0 Å². The number of rotatable bonds is 2. The van der Waals surface area contributed by atoms with E-state index in [1.54, 1.807) is 0 Å². The summed E-state index contributed by atoms with van der Waals surface area (Å²) in [7, 11) is 0. The second-order valence-electron chi connectivity index (χ2n) is 5.72. The summed E-state index contributed by atoms with van der Waals surface area (Å²) in [6.45, 7) is 6.72. The number of esters is 1. The first-order valence-electron chi connectivity index (χ1n) is 6.30. The zero-order valence-electron chi connectivity index (χ0n) is 10.6. The van der Waals surface area contributed by atoms with Crippen LogP contribution in [0.2, 0.25) is 0 Å². The maximum absolute atomic E-state index is 12.3. The lowest BCUT2D eigenvalue weighted by Crippen LogP contribution is -2.25. The van der Waals surface area contributed by atoms with Crippen LogP contribution in [0.5, 0.6) is 0 Å². The molecule has 2 aliphatic rings. The van der Waals surface area contributed by atoms with Gasteiger partial charge in [-0.05, 0) is 29.9 Å². The fourth-order valence-electron chi connectivity index (χ4n) is 3.83. The summed E-state index contributed by atoms with van der Waals surface area (Å²) in [4.78, 5) is 12.3. The quantitative estimate of drug-likeness (QED) is 0.730. The predicted octanol–water partition coefficient (Wildman–Crippen LogP) is 2.92. The molecule has 0 aliphatic heterocycles. The summed E-state index contributed by atoms with van der Waals surface area (Å²) in [5.74, 6) is 0.344. The molecule has 2 heteroatoms. The first-order chi connectivity index (χ1) is 8.05. The summed E-state index contributed by atoms with van der Waals surface area (Å²) in [5, 5.41) is 0. The van der Waals surface area contributed by atoms with Crippen molar-refractivity contribution >= 4 is 5.97 Å². The summed E-state index contributed by atoms with van der Waals surface area (Å²) in [5.41, 5.74) is 2.44. The van der Waals surface area contributed by atoms with E-state index in [0.29, 0.717) is 12.5 Å². The highest BCUT2D eigenvalue weighted by atomic mass is 16.5. The normalized spacial score (nSPS) is 31.6. The highest BCUT2D eigenvalue weighted by Gasteiger charge is 2.79. The van der Waals surface area contributed by atoms with Gasteiger partial charge in [0.25, 0.3) is 0 Å². The van der Waals surface area contributed by atoms with Gasteiger partial charge in [-0.1, -0.05) is 38.1 Å². The van der Waals surface area contributed by atoms with Crippen LogP contribution in [-0.2, 0) is 16.0 Å². The minimum Gasteiger partial charge on any atom is -0.466 e. The lowest BCUT2D eigenvalue weighted by atomic mass is 9.88. The molecule has 17 heavy (non-hydrogen) atoms. The van der Waals surface area contributed by atoms with E-state index in [1.807, 2.05) is 6.92 Å². The van der Waals surface area contributed by atoms with Crippen LogP contribution in [-0.4, -0.2) is 12.6 Å². The van der Waals surface area contributed by atoms with Gasteiger partial charge in [-0.3, -0.25) is 4.79 Å². The standard InChI is InChI=1S/C15H18O2/c1-4-17-13(16)15-9-10-7-5-6-8-11(10)12(15)14(15,2)3/h5-8,12H,4,9H2,1-3H3. The number of hydrogen-bond acceptors (Lipinski definition) is 2. The minimum absolute atomic E-state index is 0.00815. The van der Waals surface area contributed by atoms with E-state index in [9.17, 15) is 4.79 Å². The molecule has 0 spiro atoms. The van der Waals surface area contributed by atoms with Gasteiger partial charge in [0, 0.05) is 5.92 Å². The zero-order chi connectivity index (χ0) is 12.3. The van der Waals surface area contributed by atoms with Crippen molar-refractivity contribution in [3.63, 3.8) is 0 Å². The highest BCUT2D eigenvalue weighted by Crippen LogP contribution is 2.79. The molecule has 0 aromatic heterocycles. The Kier molecular flexibility index (Phi) is 1.99. The van der Waals surface area contributed by atoms with Crippen LogP contribution in [0.1, 0.15) is 37.8 Å². The Morgan fingerprint density at radius 1 is 1.41 bits per heavy atom. The molecule has 2 aliphatic carbocycles.